The van der Waals surface area contributed by atoms with Gasteiger partial charge in [-0.15, -0.1) is 0 Å². The van der Waals surface area contributed by atoms with Gasteiger partial charge < -0.3 is 4.74 Å². The first-order chi connectivity index (χ1) is 7.33. The van der Waals surface area contributed by atoms with E-state index in [2.05, 4.69) is 4.74 Å². The highest BCUT2D eigenvalue weighted by molar-refractivity contribution is 5.80. The Bertz CT molecular complexity index is 306. The van der Waals surface area contributed by atoms with Gasteiger partial charge in [0.1, 0.15) is 6.61 Å². The fourth-order valence-corrected chi connectivity index (χ4v) is 1.33. The fraction of sp³-hybridized carbons (Fsp3) is 0.333. The van der Waals surface area contributed by atoms with Crippen molar-refractivity contribution in [2.24, 2.45) is 0 Å². The molecule has 0 aliphatic rings. The maximum atomic E-state index is 11.1. The summed E-state index contributed by atoms with van der Waals surface area (Å²) in [6.07, 6.45) is 2.14. The number of ketones is 1. The number of hydrogen-bond acceptors (Lipinski definition) is 3. The van der Waals surface area contributed by atoms with Crippen LogP contribution < -0.4 is 0 Å². The number of hydrogen-bond donors (Lipinski definition) is 0. The summed E-state index contributed by atoms with van der Waals surface area (Å²) in [5.74, 6) is -0.0296. The lowest BCUT2D eigenvalue weighted by molar-refractivity contribution is -0.136. The number of Topliss-reactive ketones (excluding diaryl/α,β-unsaturated/α-hetero) is 1. The van der Waals surface area contributed by atoms with E-state index in [1.807, 2.05) is 30.3 Å². The molecule has 0 atom stereocenters. The number of carbonyl (C=O) groups excluding carboxylic acids is 2. The van der Waals surface area contributed by atoms with Crippen molar-refractivity contribution in [1.29, 1.82) is 0 Å². The summed E-state index contributed by atoms with van der Waals surface area (Å²) < 4.78 is 4.37. The largest absolute Gasteiger partial charge is 0.460 e. The Hall–Kier alpha value is -1.64. The Labute approximate surface area is 89.1 Å². The van der Waals surface area contributed by atoms with Crippen LogP contribution in [0.1, 0.15) is 18.4 Å². The van der Waals surface area contributed by atoms with Crippen LogP contribution in [0, 0.1) is 0 Å². The molecule has 0 saturated carbocycles. The van der Waals surface area contributed by atoms with Crippen molar-refractivity contribution in [2.75, 3.05) is 6.61 Å². The minimum Gasteiger partial charge on any atom is -0.460 e. The second-order valence-corrected chi connectivity index (χ2v) is 3.29. The van der Waals surface area contributed by atoms with E-state index in [1.165, 1.54) is 5.56 Å². The maximum absolute atomic E-state index is 11.1. The molecule has 0 radical (unpaired) electrons. The zero-order valence-corrected chi connectivity index (χ0v) is 8.52. The van der Waals surface area contributed by atoms with Crippen LogP contribution in [0.3, 0.4) is 0 Å². The van der Waals surface area contributed by atoms with Gasteiger partial charge in [-0.3, -0.25) is 9.59 Å². The van der Waals surface area contributed by atoms with Crippen LogP contribution in [-0.2, 0) is 20.7 Å². The second-order valence-electron chi connectivity index (χ2n) is 3.29. The van der Waals surface area contributed by atoms with Crippen molar-refractivity contribution in [3.63, 3.8) is 0 Å². The minimum atomic E-state index is -0.0989. The molecule has 3 nitrogen and oxygen atoms in total. The smallest absolute Gasteiger partial charge is 0.293 e. The lowest BCUT2D eigenvalue weighted by atomic mass is 10.1. The third-order valence-electron chi connectivity index (χ3n) is 2.08. The first-order valence-corrected chi connectivity index (χ1v) is 4.94. The second kappa shape index (κ2) is 6.76. The lowest BCUT2D eigenvalue weighted by Crippen LogP contribution is -2.07. The molecule has 15 heavy (non-hydrogen) atoms. The molecule has 0 spiro atoms. The summed E-state index contributed by atoms with van der Waals surface area (Å²) in [5.41, 5.74) is 1.22. The first-order valence-electron chi connectivity index (χ1n) is 4.94. The third-order valence-corrected chi connectivity index (χ3v) is 2.08. The molecule has 80 valence electrons. The van der Waals surface area contributed by atoms with E-state index in [1.54, 1.807) is 0 Å². The summed E-state index contributed by atoms with van der Waals surface area (Å²) in [6.45, 7) is 0.202. The normalized spacial score (nSPS) is 9.60. The molecular weight excluding hydrogens is 192 g/mol. The van der Waals surface area contributed by atoms with Crippen LogP contribution in [0.5, 0.6) is 0 Å². The molecule has 0 aromatic heterocycles. The number of benzene rings is 1. The SMILES string of the molecule is O=COCC(=O)CCCc1ccccc1. The van der Waals surface area contributed by atoms with E-state index >= 15 is 0 Å². The van der Waals surface area contributed by atoms with E-state index in [-0.39, 0.29) is 12.4 Å². The van der Waals surface area contributed by atoms with E-state index in [4.69, 9.17) is 0 Å². The van der Waals surface area contributed by atoms with Crippen LogP contribution in [0.4, 0.5) is 0 Å². The quantitative estimate of drug-likeness (QED) is 0.638. The van der Waals surface area contributed by atoms with Gasteiger partial charge in [0.25, 0.3) is 6.47 Å². The molecule has 0 bridgehead atoms. The van der Waals surface area contributed by atoms with Crippen molar-refractivity contribution in [1.82, 2.24) is 0 Å². The van der Waals surface area contributed by atoms with Gasteiger partial charge in [0.15, 0.2) is 5.78 Å². The lowest BCUT2D eigenvalue weighted by Gasteiger charge is -2.00. The number of aryl methyl sites for hydroxylation is 1. The van der Waals surface area contributed by atoms with Crippen LogP contribution >= 0.6 is 0 Å². The molecule has 1 aromatic carbocycles. The molecule has 0 heterocycles. The van der Waals surface area contributed by atoms with Crippen LogP contribution in [-0.4, -0.2) is 18.9 Å². The van der Waals surface area contributed by atoms with Gasteiger partial charge in [0.05, 0.1) is 0 Å². The monoisotopic (exact) mass is 206 g/mol. The summed E-state index contributed by atoms with van der Waals surface area (Å²) in [5, 5.41) is 0. The maximum Gasteiger partial charge on any atom is 0.293 e. The molecule has 0 saturated heterocycles. The zero-order valence-electron chi connectivity index (χ0n) is 8.52. The molecule has 0 N–H and O–H groups in total. The average molecular weight is 206 g/mol. The summed E-state index contributed by atoms with van der Waals surface area (Å²) in [6, 6.07) is 9.99. The Morgan fingerprint density at radius 1 is 1.27 bits per heavy atom. The average Bonchev–Trinajstić information content (AvgIpc) is 2.28. The Kier molecular flexibility index (Phi) is 5.15. The summed E-state index contributed by atoms with van der Waals surface area (Å²) in [4.78, 5) is 20.9. The van der Waals surface area contributed by atoms with Crippen molar-refractivity contribution >= 4 is 12.3 Å². The Morgan fingerprint density at radius 2 is 2.00 bits per heavy atom. The summed E-state index contributed by atoms with van der Waals surface area (Å²) >= 11 is 0. The van der Waals surface area contributed by atoms with Crippen molar-refractivity contribution in [3.8, 4) is 0 Å². The molecule has 1 rings (SSSR count). The highest BCUT2D eigenvalue weighted by Crippen LogP contribution is 2.04. The molecule has 0 fully saturated rings. The predicted octanol–water partition coefficient (Wildman–Crippen LogP) is 1.75. The highest BCUT2D eigenvalue weighted by Gasteiger charge is 2.01. The van der Waals surface area contributed by atoms with Gasteiger partial charge >= 0.3 is 0 Å². The molecule has 3 heteroatoms. The van der Waals surface area contributed by atoms with Crippen molar-refractivity contribution < 1.29 is 14.3 Å². The standard InChI is InChI=1S/C12H14O3/c13-10-15-9-12(14)8-4-7-11-5-2-1-3-6-11/h1-3,5-6,10H,4,7-9H2. The van der Waals surface area contributed by atoms with Gasteiger partial charge in [0.2, 0.25) is 0 Å². The number of carbonyl (C=O) groups is 2. The number of ether oxygens (including phenoxy) is 1. The molecule has 0 amide bonds. The summed E-state index contributed by atoms with van der Waals surface area (Å²) in [7, 11) is 0. The van der Waals surface area contributed by atoms with E-state index in [0.29, 0.717) is 12.9 Å². The van der Waals surface area contributed by atoms with E-state index in [9.17, 15) is 9.59 Å². The highest BCUT2D eigenvalue weighted by atomic mass is 16.5. The molecular formula is C12H14O3. The van der Waals surface area contributed by atoms with E-state index < -0.39 is 0 Å². The Balaban J connectivity index is 2.16. The molecule has 0 unspecified atom stereocenters. The first kappa shape index (κ1) is 11.4. The molecule has 0 aliphatic heterocycles. The van der Waals surface area contributed by atoms with Gasteiger partial charge in [-0.2, -0.15) is 0 Å². The fourth-order valence-electron chi connectivity index (χ4n) is 1.33. The van der Waals surface area contributed by atoms with Crippen LogP contribution in [0.2, 0.25) is 0 Å². The van der Waals surface area contributed by atoms with Crippen molar-refractivity contribution in [3.05, 3.63) is 35.9 Å². The van der Waals surface area contributed by atoms with Gasteiger partial charge in [-0.05, 0) is 18.4 Å². The minimum absolute atomic E-state index is 0.0296. The van der Waals surface area contributed by atoms with Crippen LogP contribution in [0.15, 0.2) is 30.3 Å². The Morgan fingerprint density at radius 3 is 2.67 bits per heavy atom. The van der Waals surface area contributed by atoms with Gasteiger partial charge in [0, 0.05) is 6.42 Å². The van der Waals surface area contributed by atoms with Crippen LogP contribution in [0.25, 0.3) is 0 Å². The molecule has 1 aromatic rings. The van der Waals surface area contributed by atoms with Crippen molar-refractivity contribution in [2.45, 2.75) is 19.3 Å². The molecule has 0 aliphatic carbocycles. The predicted molar refractivity (Wildman–Crippen MR) is 56.4 cm³/mol. The van der Waals surface area contributed by atoms with Gasteiger partial charge in [-0.25, -0.2) is 0 Å². The topological polar surface area (TPSA) is 43.4 Å². The number of rotatable bonds is 7. The van der Waals surface area contributed by atoms with Gasteiger partial charge in [-0.1, -0.05) is 30.3 Å². The third kappa shape index (κ3) is 4.96. The zero-order chi connectivity index (χ0) is 10.9. The van der Waals surface area contributed by atoms with E-state index in [0.717, 1.165) is 12.8 Å².